The lowest BCUT2D eigenvalue weighted by molar-refractivity contribution is -0.132. The van der Waals surface area contributed by atoms with Gasteiger partial charge >= 0.3 is 0 Å². The van der Waals surface area contributed by atoms with Crippen molar-refractivity contribution in [1.82, 2.24) is 15.5 Å². The van der Waals surface area contributed by atoms with Gasteiger partial charge in [-0.25, -0.2) is 0 Å². The Morgan fingerprint density at radius 2 is 1.48 bits per heavy atom. The SMILES string of the molecule is O=C(CNC(=O)c1ccccc1)NCC(=O)N1CCN(c2ccc(Cl)cc2)CC1. The fraction of sp³-hybridized carbons (Fsp3) is 0.286. The zero-order chi connectivity index (χ0) is 20.6. The van der Waals surface area contributed by atoms with Crippen LogP contribution >= 0.6 is 11.6 Å². The van der Waals surface area contributed by atoms with Gasteiger partial charge in [0.15, 0.2) is 0 Å². The van der Waals surface area contributed by atoms with Crippen LogP contribution in [-0.2, 0) is 9.59 Å². The first-order valence-electron chi connectivity index (χ1n) is 9.41. The molecule has 0 bridgehead atoms. The number of hydrogen-bond donors (Lipinski definition) is 2. The number of nitrogens with one attached hydrogen (secondary N) is 2. The predicted octanol–water partition coefficient (Wildman–Crippen LogP) is 1.53. The van der Waals surface area contributed by atoms with E-state index in [2.05, 4.69) is 15.5 Å². The normalized spacial score (nSPS) is 13.7. The van der Waals surface area contributed by atoms with Crippen molar-refractivity contribution < 1.29 is 14.4 Å². The van der Waals surface area contributed by atoms with Crippen molar-refractivity contribution in [3.05, 3.63) is 65.2 Å². The summed E-state index contributed by atoms with van der Waals surface area (Å²) in [6.07, 6.45) is 0. The molecule has 8 heteroatoms. The molecule has 0 unspecified atom stereocenters. The van der Waals surface area contributed by atoms with Crippen molar-refractivity contribution in [2.24, 2.45) is 0 Å². The molecule has 0 radical (unpaired) electrons. The molecule has 1 saturated heterocycles. The van der Waals surface area contributed by atoms with Gasteiger partial charge in [-0.05, 0) is 36.4 Å². The Morgan fingerprint density at radius 3 is 2.14 bits per heavy atom. The Hall–Kier alpha value is -3.06. The Balaban J connectivity index is 1.37. The lowest BCUT2D eigenvalue weighted by atomic mass is 10.2. The van der Waals surface area contributed by atoms with E-state index in [1.165, 1.54) is 0 Å². The minimum atomic E-state index is -0.401. The van der Waals surface area contributed by atoms with Crippen molar-refractivity contribution in [2.45, 2.75) is 0 Å². The molecule has 0 aromatic heterocycles. The van der Waals surface area contributed by atoms with E-state index in [9.17, 15) is 14.4 Å². The maximum absolute atomic E-state index is 12.3. The van der Waals surface area contributed by atoms with E-state index in [0.717, 1.165) is 5.69 Å². The molecule has 29 heavy (non-hydrogen) atoms. The summed E-state index contributed by atoms with van der Waals surface area (Å²) in [6.45, 7) is 2.35. The van der Waals surface area contributed by atoms with Gasteiger partial charge < -0.3 is 20.4 Å². The Bertz CT molecular complexity index is 850. The van der Waals surface area contributed by atoms with Gasteiger partial charge in [0.2, 0.25) is 11.8 Å². The third kappa shape index (κ3) is 5.96. The van der Waals surface area contributed by atoms with Gasteiger partial charge in [0.25, 0.3) is 5.91 Å². The summed E-state index contributed by atoms with van der Waals surface area (Å²) in [5.41, 5.74) is 1.55. The van der Waals surface area contributed by atoms with E-state index < -0.39 is 5.91 Å². The number of rotatable bonds is 6. The van der Waals surface area contributed by atoms with E-state index in [-0.39, 0.29) is 24.9 Å². The Labute approximate surface area is 174 Å². The first-order chi connectivity index (χ1) is 14.0. The molecule has 7 nitrogen and oxygen atoms in total. The van der Waals surface area contributed by atoms with Crippen LogP contribution in [0.15, 0.2) is 54.6 Å². The van der Waals surface area contributed by atoms with Gasteiger partial charge in [-0.3, -0.25) is 14.4 Å². The third-order valence-corrected chi connectivity index (χ3v) is 4.96. The van der Waals surface area contributed by atoms with Gasteiger partial charge in [0.05, 0.1) is 13.1 Å². The quantitative estimate of drug-likeness (QED) is 0.751. The number of piperazine rings is 1. The van der Waals surface area contributed by atoms with Crippen molar-refractivity contribution >= 4 is 35.0 Å². The number of amides is 3. The van der Waals surface area contributed by atoms with Crippen LogP contribution < -0.4 is 15.5 Å². The number of benzene rings is 2. The van der Waals surface area contributed by atoms with Crippen molar-refractivity contribution in [1.29, 1.82) is 0 Å². The predicted molar refractivity (Wildman–Crippen MR) is 112 cm³/mol. The maximum atomic E-state index is 12.3. The van der Waals surface area contributed by atoms with Gasteiger partial charge in [-0.2, -0.15) is 0 Å². The summed E-state index contributed by atoms with van der Waals surface area (Å²) in [5.74, 6) is -0.865. The fourth-order valence-corrected chi connectivity index (χ4v) is 3.19. The summed E-state index contributed by atoms with van der Waals surface area (Å²) in [7, 11) is 0. The van der Waals surface area contributed by atoms with Gasteiger partial charge in [0, 0.05) is 42.5 Å². The first kappa shape index (κ1) is 20.7. The zero-order valence-electron chi connectivity index (χ0n) is 15.9. The second-order valence-corrected chi connectivity index (χ2v) is 7.11. The number of carbonyl (C=O) groups is 3. The average molecular weight is 415 g/mol. The van der Waals surface area contributed by atoms with Crippen LogP contribution in [0.25, 0.3) is 0 Å². The molecule has 3 rings (SSSR count). The van der Waals surface area contributed by atoms with Crippen LogP contribution in [0.4, 0.5) is 5.69 Å². The second kappa shape index (κ2) is 9.93. The smallest absolute Gasteiger partial charge is 0.251 e. The second-order valence-electron chi connectivity index (χ2n) is 6.67. The Kier molecular flexibility index (Phi) is 7.08. The number of halogens is 1. The van der Waals surface area contributed by atoms with Crippen LogP contribution in [0.5, 0.6) is 0 Å². The highest BCUT2D eigenvalue weighted by Crippen LogP contribution is 2.19. The standard InChI is InChI=1S/C21H23ClN4O3/c22-17-6-8-18(9-7-17)25-10-12-26(13-11-25)20(28)15-23-19(27)14-24-21(29)16-4-2-1-3-5-16/h1-9H,10-15H2,(H,23,27)(H,24,29). The van der Waals surface area contributed by atoms with Gasteiger partial charge in [-0.15, -0.1) is 0 Å². The summed E-state index contributed by atoms with van der Waals surface area (Å²) in [6, 6.07) is 16.3. The molecule has 1 fully saturated rings. The highest BCUT2D eigenvalue weighted by Gasteiger charge is 2.21. The molecule has 0 saturated carbocycles. The first-order valence-corrected chi connectivity index (χ1v) is 9.79. The summed E-state index contributed by atoms with van der Waals surface area (Å²) in [5, 5.41) is 5.79. The number of anilines is 1. The summed E-state index contributed by atoms with van der Waals surface area (Å²) < 4.78 is 0. The number of nitrogens with zero attached hydrogens (tertiary/aromatic N) is 2. The van der Waals surface area contributed by atoms with Crippen LogP contribution in [0.1, 0.15) is 10.4 Å². The number of carbonyl (C=O) groups excluding carboxylic acids is 3. The summed E-state index contributed by atoms with van der Waals surface area (Å²) in [4.78, 5) is 40.1. The molecule has 0 atom stereocenters. The molecule has 152 valence electrons. The highest BCUT2D eigenvalue weighted by molar-refractivity contribution is 6.30. The third-order valence-electron chi connectivity index (χ3n) is 4.71. The Morgan fingerprint density at radius 1 is 0.828 bits per heavy atom. The van der Waals surface area contributed by atoms with E-state index >= 15 is 0 Å². The molecule has 1 aliphatic rings. The van der Waals surface area contributed by atoms with Crippen LogP contribution in [0.2, 0.25) is 5.02 Å². The lowest BCUT2D eigenvalue weighted by Crippen LogP contribution is -2.51. The molecular weight excluding hydrogens is 392 g/mol. The van der Waals surface area contributed by atoms with Gasteiger partial charge in [0.1, 0.15) is 0 Å². The molecule has 0 aliphatic carbocycles. The van der Waals surface area contributed by atoms with E-state index in [4.69, 9.17) is 11.6 Å². The molecule has 1 heterocycles. The van der Waals surface area contributed by atoms with E-state index in [1.54, 1.807) is 29.2 Å². The topological polar surface area (TPSA) is 81.8 Å². The minimum absolute atomic E-state index is 0.0824. The van der Waals surface area contributed by atoms with E-state index in [0.29, 0.717) is 36.8 Å². The van der Waals surface area contributed by atoms with Crippen LogP contribution in [0.3, 0.4) is 0 Å². The largest absolute Gasteiger partial charge is 0.368 e. The maximum Gasteiger partial charge on any atom is 0.251 e. The minimum Gasteiger partial charge on any atom is -0.368 e. The molecule has 1 aliphatic heterocycles. The fourth-order valence-electron chi connectivity index (χ4n) is 3.07. The van der Waals surface area contributed by atoms with Crippen molar-refractivity contribution in [3.63, 3.8) is 0 Å². The average Bonchev–Trinajstić information content (AvgIpc) is 2.77. The molecule has 2 aromatic carbocycles. The number of hydrogen-bond acceptors (Lipinski definition) is 4. The lowest BCUT2D eigenvalue weighted by Gasteiger charge is -2.36. The molecule has 2 aromatic rings. The van der Waals surface area contributed by atoms with Crippen LogP contribution in [-0.4, -0.2) is 61.9 Å². The zero-order valence-corrected chi connectivity index (χ0v) is 16.7. The van der Waals surface area contributed by atoms with Gasteiger partial charge in [-0.1, -0.05) is 29.8 Å². The molecule has 3 amide bonds. The molecule has 2 N–H and O–H groups in total. The monoisotopic (exact) mass is 414 g/mol. The molecule has 0 spiro atoms. The van der Waals surface area contributed by atoms with Crippen LogP contribution in [0, 0.1) is 0 Å². The van der Waals surface area contributed by atoms with Crippen molar-refractivity contribution in [2.75, 3.05) is 44.2 Å². The summed E-state index contributed by atoms with van der Waals surface area (Å²) >= 11 is 5.92. The van der Waals surface area contributed by atoms with Crippen molar-refractivity contribution in [3.8, 4) is 0 Å². The highest BCUT2D eigenvalue weighted by atomic mass is 35.5. The molecular formula is C21H23ClN4O3. The van der Waals surface area contributed by atoms with E-state index in [1.807, 2.05) is 30.3 Å².